The van der Waals surface area contributed by atoms with Gasteiger partial charge in [-0.3, -0.25) is 4.79 Å². The van der Waals surface area contributed by atoms with Crippen LogP contribution in [-0.4, -0.2) is 63.4 Å². The van der Waals surface area contributed by atoms with Crippen molar-refractivity contribution in [3.8, 4) is 0 Å². The lowest BCUT2D eigenvalue weighted by Crippen LogP contribution is -2.46. The lowest BCUT2D eigenvalue weighted by molar-refractivity contribution is 0.0955. The molecule has 4 aromatic rings. The second-order valence-corrected chi connectivity index (χ2v) is 9.22. The molecule has 0 saturated carbocycles. The number of hydrogen-bond donors (Lipinski definition) is 1. The maximum Gasteiger partial charge on any atom is 0.263 e. The van der Waals surface area contributed by atoms with Gasteiger partial charge in [-0.25, -0.2) is 19.6 Å². The molecule has 4 heterocycles. The van der Waals surface area contributed by atoms with E-state index < -0.39 is 0 Å². The summed E-state index contributed by atoms with van der Waals surface area (Å²) in [5.74, 6) is 0.819. The van der Waals surface area contributed by atoms with Gasteiger partial charge in [0.15, 0.2) is 5.65 Å². The molecule has 10 heteroatoms. The first-order chi connectivity index (χ1) is 16.1. The molecule has 1 amide bonds. The van der Waals surface area contributed by atoms with Crippen LogP contribution in [0.1, 0.15) is 20.4 Å². The number of carbonyl (C=O) groups is 1. The first-order valence-corrected chi connectivity index (χ1v) is 11.9. The van der Waals surface area contributed by atoms with Gasteiger partial charge in [-0.15, -0.1) is 11.3 Å². The average molecular weight is 463 g/mol. The molecule has 0 radical (unpaired) electrons. The number of rotatable bonds is 6. The summed E-state index contributed by atoms with van der Waals surface area (Å²) in [5, 5.41) is 9.32. The molecule has 1 N–H and O–H groups in total. The summed E-state index contributed by atoms with van der Waals surface area (Å²) >= 11 is 1.41. The van der Waals surface area contributed by atoms with Crippen molar-refractivity contribution in [3.63, 3.8) is 0 Å². The van der Waals surface area contributed by atoms with E-state index in [1.807, 2.05) is 30.8 Å². The number of aromatic nitrogens is 5. The third-order valence-electron chi connectivity index (χ3n) is 5.83. The molecular formula is C23H26N8OS. The Labute approximate surface area is 196 Å². The van der Waals surface area contributed by atoms with Gasteiger partial charge in [0.25, 0.3) is 5.91 Å². The number of nitrogens with zero attached hydrogens (tertiary/aromatic N) is 7. The number of para-hydroxylation sites is 1. The zero-order valence-corrected chi connectivity index (χ0v) is 19.5. The van der Waals surface area contributed by atoms with Crippen molar-refractivity contribution in [2.45, 2.75) is 20.4 Å². The van der Waals surface area contributed by atoms with Crippen LogP contribution in [0.5, 0.6) is 0 Å². The quantitative estimate of drug-likeness (QED) is 0.471. The van der Waals surface area contributed by atoms with Crippen LogP contribution in [0.3, 0.4) is 0 Å². The highest BCUT2D eigenvalue weighted by Gasteiger charge is 2.21. The normalized spacial score (nSPS) is 14.1. The van der Waals surface area contributed by atoms with Crippen molar-refractivity contribution in [2.75, 3.05) is 42.5 Å². The van der Waals surface area contributed by atoms with Crippen LogP contribution < -0.4 is 15.1 Å². The number of amides is 1. The fraction of sp³-hybridized carbons (Fsp3) is 0.348. The van der Waals surface area contributed by atoms with Crippen LogP contribution in [0.2, 0.25) is 0 Å². The van der Waals surface area contributed by atoms with Crippen molar-refractivity contribution in [1.29, 1.82) is 0 Å². The highest BCUT2D eigenvalue weighted by molar-refractivity contribution is 7.13. The Hall–Kier alpha value is -3.53. The summed E-state index contributed by atoms with van der Waals surface area (Å²) in [6.45, 7) is 8.40. The molecule has 9 nitrogen and oxygen atoms in total. The topological polar surface area (TPSA) is 92.1 Å². The molecule has 1 aliphatic heterocycles. The van der Waals surface area contributed by atoms with Gasteiger partial charge < -0.3 is 15.1 Å². The molecule has 5 rings (SSSR count). The van der Waals surface area contributed by atoms with E-state index in [1.165, 1.54) is 17.0 Å². The van der Waals surface area contributed by atoms with Gasteiger partial charge in [0.2, 0.25) is 0 Å². The Morgan fingerprint density at radius 2 is 1.82 bits per heavy atom. The first kappa shape index (κ1) is 21.3. The van der Waals surface area contributed by atoms with E-state index in [-0.39, 0.29) is 5.91 Å². The average Bonchev–Trinajstić information content (AvgIpc) is 3.42. The van der Waals surface area contributed by atoms with Crippen molar-refractivity contribution in [1.82, 2.24) is 30.0 Å². The van der Waals surface area contributed by atoms with Gasteiger partial charge in [0.1, 0.15) is 17.0 Å². The summed E-state index contributed by atoms with van der Waals surface area (Å²) in [4.78, 5) is 31.2. The highest BCUT2D eigenvalue weighted by atomic mass is 32.1. The monoisotopic (exact) mass is 462 g/mol. The van der Waals surface area contributed by atoms with E-state index in [9.17, 15) is 4.79 Å². The predicted octanol–water partition coefficient (Wildman–Crippen LogP) is 2.66. The number of aryl methyl sites for hydroxylation is 2. The maximum absolute atomic E-state index is 12.5. The second-order valence-electron chi connectivity index (χ2n) is 8.02. The van der Waals surface area contributed by atoms with Crippen molar-refractivity contribution in [2.24, 2.45) is 0 Å². The smallest absolute Gasteiger partial charge is 0.263 e. The van der Waals surface area contributed by atoms with Crippen molar-refractivity contribution >= 4 is 39.8 Å². The van der Waals surface area contributed by atoms with Crippen molar-refractivity contribution in [3.05, 3.63) is 58.4 Å². The van der Waals surface area contributed by atoms with E-state index in [1.54, 1.807) is 6.33 Å². The number of fused-ring (bicyclic) bond motifs is 1. The number of carbonyl (C=O) groups excluding carboxylic acids is 1. The zero-order valence-electron chi connectivity index (χ0n) is 18.7. The van der Waals surface area contributed by atoms with Crippen LogP contribution in [0, 0.1) is 13.8 Å². The van der Waals surface area contributed by atoms with Gasteiger partial charge in [-0.1, -0.05) is 18.2 Å². The lowest BCUT2D eigenvalue weighted by Gasteiger charge is -2.36. The SMILES string of the molecule is Cc1nc(C)c(C(=O)NCCn2ncc3c(N4CCN(c5ccccc5)CC4)ncnc32)s1. The third-order valence-corrected chi connectivity index (χ3v) is 6.90. The predicted molar refractivity (Wildman–Crippen MR) is 130 cm³/mol. The Morgan fingerprint density at radius 1 is 1.06 bits per heavy atom. The lowest BCUT2D eigenvalue weighted by atomic mass is 10.2. The fourth-order valence-corrected chi connectivity index (χ4v) is 5.05. The van der Waals surface area contributed by atoms with Crippen LogP contribution in [-0.2, 0) is 6.54 Å². The molecule has 1 fully saturated rings. The molecule has 0 unspecified atom stereocenters. The van der Waals surface area contributed by atoms with E-state index >= 15 is 0 Å². The van der Waals surface area contributed by atoms with Crippen LogP contribution in [0.25, 0.3) is 11.0 Å². The van der Waals surface area contributed by atoms with Crippen molar-refractivity contribution < 1.29 is 4.79 Å². The molecule has 170 valence electrons. The Kier molecular flexibility index (Phi) is 5.91. The molecular weight excluding hydrogens is 436 g/mol. The number of thiazole rings is 1. The fourth-order valence-electron chi connectivity index (χ4n) is 4.21. The Morgan fingerprint density at radius 3 is 2.55 bits per heavy atom. The molecule has 3 aromatic heterocycles. The molecule has 0 aliphatic carbocycles. The largest absolute Gasteiger partial charge is 0.368 e. The third kappa shape index (κ3) is 4.38. The molecule has 33 heavy (non-hydrogen) atoms. The number of piperazine rings is 1. The number of anilines is 2. The van der Waals surface area contributed by atoms with Gasteiger partial charge >= 0.3 is 0 Å². The minimum atomic E-state index is -0.0961. The number of benzene rings is 1. The molecule has 1 aliphatic rings. The van der Waals surface area contributed by atoms with E-state index in [0.29, 0.717) is 18.0 Å². The molecule has 0 bridgehead atoms. The van der Waals surface area contributed by atoms with Crippen LogP contribution in [0.15, 0.2) is 42.9 Å². The van der Waals surface area contributed by atoms with Gasteiger partial charge in [-0.05, 0) is 26.0 Å². The Balaban J connectivity index is 1.24. The minimum absolute atomic E-state index is 0.0961. The van der Waals surface area contributed by atoms with E-state index in [4.69, 9.17) is 0 Å². The van der Waals surface area contributed by atoms with Crippen LogP contribution in [0.4, 0.5) is 11.5 Å². The van der Waals surface area contributed by atoms with Gasteiger partial charge in [-0.2, -0.15) is 5.10 Å². The first-order valence-electron chi connectivity index (χ1n) is 11.0. The molecule has 0 spiro atoms. The zero-order chi connectivity index (χ0) is 22.8. The summed E-state index contributed by atoms with van der Waals surface area (Å²) < 4.78 is 1.83. The molecule has 1 aromatic carbocycles. The number of hydrogen-bond acceptors (Lipinski definition) is 8. The Bertz CT molecular complexity index is 1260. The molecule has 1 saturated heterocycles. The van der Waals surface area contributed by atoms with E-state index in [2.05, 4.69) is 59.4 Å². The maximum atomic E-state index is 12.5. The summed E-state index contributed by atoms with van der Waals surface area (Å²) in [6.07, 6.45) is 3.42. The minimum Gasteiger partial charge on any atom is -0.368 e. The molecule has 0 atom stereocenters. The van der Waals surface area contributed by atoms with Gasteiger partial charge in [0, 0.05) is 38.4 Å². The van der Waals surface area contributed by atoms with Gasteiger partial charge in [0.05, 0.1) is 28.8 Å². The van der Waals surface area contributed by atoms with E-state index in [0.717, 1.165) is 53.7 Å². The summed E-state index contributed by atoms with van der Waals surface area (Å²) in [6, 6.07) is 10.5. The summed E-state index contributed by atoms with van der Waals surface area (Å²) in [5.41, 5.74) is 2.80. The van der Waals surface area contributed by atoms with Crippen LogP contribution >= 0.6 is 11.3 Å². The second kappa shape index (κ2) is 9.14. The summed E-state index contributed by atoms with van der Waals surface area (Å²) in [7, 11) is 0. The highest BCUT2D eigenvalue weighted by Crippen LogP contribution is 2.25. The number of nitrogens with one attached hydrogen (secondary N) is 1. The standard InChI is InChI=1S/C23H26N8OS/c1-16-20(33-17(2)28-16)23(32)24-8-9-31-22-19(14-27-31)21(25-15-26-22)30-12-10-29(11-13-30)18-6-4-3-5-7-18/h3-7,14-15H,8-13H2,1-2H3,(H,24,32).